The Hall–Kier alpha value is -2.30. The Morgan fingerprint density at radius 2 is 2.11 bits per heavy atom. The molecule has 0 aliphatic carbocycles. The van der Waals surface area contributed by atoms with Gasteiger partial charge in [0, 0.05) is 37.8 Å². The molecule has 0 saturated carbocycles. The van der Waals surface area contributed by atoms with Crippen molar-refractivity contribution >= 4 is 16.7 Å². The third-order valence-corrected chi connectivity index (χ3v) is 3.15. The minimum atomic E-state index is 0.588. The fourth-order valence-corrected chi connectivity index (χ4v) is 2.17. The number of rotatable bonds is 3. The fraction of sp³-hybridized carbons (Fsp3) is 0.231. The number of aromatic nitrogens is 4. The lowest BCUT2D eigenvalue weighted by Crippen LogP contribution is -2.07. The van der Waals surface area contributed by atoms with E-state index in [2.05, 4.69) is 10.1 Å². The smallest absolute Gasteiger partial charge is 0.153 e. The van der Waals surface area contributed by atoms with Crippen LogP contribution in [0.1, 0.15) is 5.82 Å². The Bertz CT molecular complexity index is 680. The minimum Gasteiger partial charge on any atom is -0.382 e. The first kappa shape index (κ1) is 10.8. The molecule has 0 fully saturated rings. The van der Waals surface area contributed by atoms with Crippen LogP contribution in [0.4, 0.5) is 5.82 Å². The van der Waals surface area contributed by atoms with Gasteiger partial charge in [-0.2, -0.15) is 5.10 Å². The summed E-state index contributed by atoms with van der Waals surface area (Å²) in [6.07, 6.45) is 4.60. The van der Waals surface area contributed by atoms with E-state index in [-0.39, 0.29) is 0 Å². The molecular weight excluding hydrogens is 226 g/mol. The van der Waals surface area contributed by atoms with Crippen molar-refractivity contribution in [3.8, 4) is 0 Å². The van der Waals surface area contributed by atoms with Gasteiger partial charge in [0.1, 0.15) is 5.82 Å². The summed E-state index contributed by atoms with van der Waals surface area (Å²) in [6.45, 7) is 0.780. The van der Waals surface area contributed by atoms with Crippen LogP contribution in [0.5, 0.6) is 0 Å². The van der Waals surface area contributed by atoms with Gasteiger partial charge in [0.25, 0.3) is 0 Å². The van der Waals surface area contributed by atoms with E-state index in [1.165, 1.54) is 0 Å². The molecular formula is C13H15N5. The van der Waals surface area contributed by atoms with Crippen LogP contribution in [0.2, 0.25) is 0 Å². The SMILES string of the molecule is Cn1ccnc1CCn1nc(N)c2ccccc21. The molecule has 18 heavy (non-hydrogen) atoms. The van der Waals surface area contributed by atoms with Gasteiger partial charge in [0.15, 0.2) is 5.82 Å². The molecule has 92 valence electrons. The maximum atomic E-state index is 5.90. The van der Waals surface area contributed by atoms with Gasteiger partial charge in [0.05, 0.1) is 5.52 Å². The summed E-state index contributed by atoms with van der Waals surface area (Å²) >= 11 is 0. The molecule has 0 radical (unpaired) electrons. The van der Waals surface area contributed by atoms with E-state index < -0.39 is 0 Å². The van der Waals surface area contributed by atoms with Crippen molar-refractivity contribution in [2.75, 3.05) is 5.73 Å². The zero-order valence-corrected chi connectivity index (χ0v) is 10.2. The number of hydrogen-bond acceptors (Lipinski definition) is 3. The summed E-state index contributed by atoms with van der Waals surface area (Å²) < 4.78 is 3.97. The number of nitrogen functional groups attached to an aromatic ring is 1. The Balaban J connectivity index is 1.89. The van der Waals surface area contributed by atoms with Gasteiger partial charge in [-0.05, 0) is 12.1 Å². The molecule has 5 heteroatoms. The first-order valence-corrected chi connectivity index (χ1v) is 5.93. The summed E-state index contributed by atoms with van der Waals surface area (Å²) in [5, 5.41) is 5.39. The number of nitrogens with two attached hydrogens (primary N) is 1. The molecule has 3 rings (SSSR count). The van der Waals surface area contributed by atoms with Crippen LogP contribution in [0, 0.1) is 0 Å². The molecule has 1 aromatic carbocycles. The predicted molar refractivity (Wildman–Crippen MR) is 71.1 cm³/mol. The molecule has 0 spiro atoms. The third kappa shape index (κ3) is 1.73. The molecule has 0 atom stereocenters. The van der Waals surface area contributed by atoms with E-state index >= 15 is 0 Å². The van der Waals surface area contributed by atoms with Gasteiger partial charge in [-0.25, -0.2) is 4.98 Å². The van der Waals surface area contributed by atoms with Crippen molar-refractivity contribution in [1.29, 1.82) is 0 Å². The monoisotopic (exact) mass is 241 g/mol. The highest BCUT2D eigenvalue weighted by molar-refractivity contribution is 5.88. The number of aryl methyl sites for hydroxylation is 3. The number of hydrogen-bond donors (Lipinski definition) is 1. The first-order chi connectivity index (χ1) is 8.75. The first-order valence-electron chi connectivity index (χ1n) is 5.93. The second kappa shape index (κ2) is 4.18. The Morgan fingerprint density at radius 3 is 2.89 bits per heavy atom. The number of benzene rings is 1. The number of fused-ring (bicyclic) bond motifs is 1. The standard InChI is InChI=1S/C13H15N5/c1-17-9-7-15-12(17)6-8-18-11-5-3-2-4-10(11)13(14)16-18/h2-5,7,9H,6,8H2,1H3,(H2,14,16). The molecule has 0 aliphatic rings. The topological polar surface area (TPSA) is 61.7 Å². The normalized spacial score (nSPS) is 11.2. The third-order valence-electron chi connectivity index (χ3n) is 3.15. The van der Waals surface area contributed by atoms with Crippen molar-refractivity contribution in [2.24, 2.45) is 7.05 Å². The molecule has 2 N–H and O–H groups in total. The minimum absolute atomic E-state index is 0.588. The Labute approximate surface area is 105 Å². The highest BCUT2D eigenvalue weighted by atomic mass is 15.3. The van der Waals surface area contributed by atoms with Crippen molar-refractivity contribution in [2.45, 2.75) is 13.0 Å². The molecule has 0 bridgehead atoms. The van der Waals surface area contributed by atoms with Crippen LogP contribution in [0.3, 0.4) is 0 Å². The lowest BCUT2D eigenvalue weighted by atomic mass is 10.2. The molecule has 0 saturated heterocycles. The Kier molecular flexibility index (Phi) is 2.51. The van der Waals surface area contributed by atoms with E-state index in [0.29, 0.717) is 5.82 Å². The average Bonchev–Trinajstić information content (AvgIpc) is 2.92. The number of nitrogens with zero attached hydrogens (tertiary/aromatic N) is 4. The summed E-state index contributed by atoms with van der Waals surface area (Å²) in [5.74, 6) is 1.64. The molecule has 0 aliphatic heterocycles. The summed E-state index contributed by atoms with van der Waals surface area (Å²) in [5.41, 5.74) is 6.98. The Morgan fingerprint density at radius 1 is 1.28 bits per heavy atom. The van der Waals surface area contributed by atoms with Crippen molar-refractivity contribution in [3.63, 3.8) is 0 Å². The van der Waals surface area contributed by atoms with Crippen LogP contribution >= 0.6 is 0 Å². The van der Waals surface area contributed by atoms with E-state index in [1.54, 1.807) is 0 Å². The van der Waals surface area contributed by atoms with Gasteiger partial charge >= 0.3 is 0 Å². The largest absolute Gasteiger partial charge is 0.382 e. The van der Waals surface area contributed by atoms with Crippen molar-refractivity contribution in [3.05, 3.63) is 42.5 Å². The molecule has 3 aromatic rings. The summed E-state index contributed by atoms with van der Waals surface area (Å²) in [7, 11) is 2.00. The summed E-state index contributed by atoms with van der Waals surface area (Å²) in [6, 6.07) is 8.01. The van der Waals surface area contributed by atoms with Crippen LogP contribution in [-0.2, 0) is 20.0 Å². The number of imidazole rings is 1. The van der Waals surface area contributed by atoms with Gasteiger partial charge in [-0.1, -0.05) is 12.1 Å². The lowest BCUT2D eigenvalue weighted by molar-refractivity contribution is 0.608. The van der Waals surface area contributed by atoms with Crippen LogP contribution in [0.25, 0.3) is 10.9 Å². The maximum absolute atomic E-state index is 5.90. The van der Waals surface area contributed by atoms with Crippen LogP contribution < -0.4 is 5.73 Å². The molecule has 0 amide bonds. The zero-order valence-electron chi connectivity index (χ0n) is 10.2. The zero-order chi connectivity index (χ0) is 12.5. The number of anilines is 1. The van der Waals surface area contributed by atoms with E-state index in [9.17, 15) is 0 Å². The maximum Gasteiger partial charge on any atom is 0.153 e. The van der Waals surface area contributed by atoms with Crippen molar-refractivity contribution < 1.29 is 0 Å². The van der Waals surface area contributed by atoms with Crippen LogP contribution in [0.15, 0.2) is 36.7 Å². The van der Waals surface area contributed by atoms with E-state index in [1.807, 2.05) is 53.0 Å². The van der Waals surface area contributed by atoms with Crippen LogP contribution in [-0.4, -0.2) is 19.3 Å². The van der Waals surface area contributed by atoms with Gasteiger partial charge in [-0.15, -0.1) is 0 Å². The molecule has 5 nitrogen and oxygen atoms in total. The highest BCUT2D eigenvalue weighted by Gasteiger charge is 2.07. The van der Waals surface area contributed by atoms with Gasteiger partial charge in [-0.3, -0.25) is 4.68 Å². The summed E-state index contributed by atoms with van der Waals surface area (Å²) in [4.78, 5) is 4.31. The quantitative estimate of drug-likeness (QED) is 0.757. The van der Waals surface area contributed by atoms with E-state index in [0.717, 1.165) is 29.7 Å². The molecule has 0 unspecified atom stereocenters. The lowest BCUT2D eigenvalue weighted by Gasteiger charge is -2.03. The van der Waals surface area contributed by atoms with Crippen molar-refractivity contribution in [1.82, 2.24) is 19.3 Å². The van der Waals surface area contributed by atoms with Gasteiger partial charge in [0.2, 0.25) is 0 Å². The van der Waals surface area contributed by atoms with Gasteiger partial charge < -0.3 is 10.3 Å². The average molecular weight is 241 g/mol. The molecule has 2 heterocycles. The number of para-hydroxylation sites is 1. The fourth-order valence-electron chi connectivity index (χ4n) is 2.17. The second-order valence-electron chi connectivity index (χ2n) is 4.33. The predicted octanol–water partition coefficient (Wildman–Crippen LogP) is 1.59. The highest BCUT2D eigenvalue weighted by Crippen LogP contribution is 2.19. The second-order valence-corrected chi connectivity index (χ2v) is 4.33. The molecule has 2 aromatic heterocycles. The van der Waals surface area contributed by atoms with E-state index in [4.69, 9.17) is 5.73 Å².